The minimum absolute atomic E-state index is 0.0170. The molecule has 1 aromatic carbocycles. The third kappa shape index (κ3) is 2.05. The molecule has 0 saturated carbocycles. The summed E-state index contributed by atoms with van der Waals surface area (Å²) in [5.41, 5.74) is 0.932. The van der Waals surface area contributed by atoms with E-state index >= 15 is 0 Å². The molecule has 3 nitrogen and oxygen atoms in total. The molecule has 0 aliphatic carbocycles. The van der Waals surface area contributed by atoms with Crippen molar-refractivity contribution in [1.82, 2.24) is 4.31 Å². The molecule has 0 radical (unpaired) electrons. The molecular formula is C11H12FNO2S. The maximum Gasteiger partial charge on any atom is 0.341 e. The third-order valence-corrected chi connectivity index (χ3v) is 3.31. The minimum atomic E-state index is -0.599. The van der Waals surface area contributed by atoms with Crippen LogP contribution in [0.3, 0.4) is 0 Å². The number of carbonyl (C=O) groups is 1. The van der Waals surface area contributed by atoms with Crippen LogP contribution in [0.4, 0.5) is 4.39 Å². The lowest BCUT2D eigenvalue weighted by atomic mass is 10.1. The molecule has 0 atom stereocenters. The van der Waals surface area contributed by atoms with E-state index in [1.54, 1.807) is 13.0 Å². The number of halogens is 1. The number of fused-ring (bicyclic) bond motifs is 1. The van der Waals surface area contributed by atoms with Crippen molar-refractivity contribution in [2.75, 3.05) is 13.7 Å². The van der Waals surface area contributed by atoms with Crippen LogP contribution >= 0.6 is 11.9 Å². The number of carbonyl (C=O) groups excluding carboxylic acids is 1. The van der Waals surface area contributed by atoms with Crippen molar-refractivity contribution >= 4 is 17.9 Å². The number of hydrogen-bond donors (Lipinski definition) is 0. The number of ether oxygens (including phenoxy) is 1. The zero-order valence-corrected chi connectivity index (χ0v) is 9.94. The van der Waals surface area contributed by atoms with Gasteiger partial charge >= 0.3 is 5.97 Å². The van der Waals surface area contributed by atoms with Crippen molar-refractivity contribution in [1.29, 1.82) is 0 Å². The SMILES string of the molecule is CCOC(=O)c1cc2c(cc1F)CN(C)S2. The topological polar surface area (TPSA) is 29.5 Å². The van der Waals surface area contributed by atoms with Gasteiger partial charge in [0.15, 0.2) is 0 Å². The van der Waals surface area contributed by atoms with Gasteiger partial charge in [0.1, 0.15) is 5.82 Å². The van der Waals surface area contributed by atoms with Gasteiger partial charge in [0.05, 0.1) is 12.2 Å². The second-order valence-electron chi connectivity index (χ2n) is 3.54. The molecule has 1 heterocycles. The zero-order valence-electron chi connectivity index (χ0n) is 9.12. The van der Waals surface area contributed by atoms with Gasteiger partial charge < -0.3 is 4.74 Å². The summed E-state index contributed by atoms with van der Waals surface area (Å²) in [5, 5.41) is 0. The fourth-order valence-electron chi connectivity index (χ4n) is 1.61. The monoisotopic (exact) mass is 241 g/mol. The second kappa shape index (κ2) is 4.43. The summed E-state index contributed by atoms with van der Waals surface area (Å²) >= 11 is 1.51. The number of benzene rings is 1. The fourth-order valence-corrected chi connectivity index (χ4v) is 2.56. The van der Waals surface area contributed by atoms with Gasteiger partial charge in [0.25, 0.3) is 0 Å². The Morgan fingerprint density at radius 2 is 2.38 bits per heavy atom. The van der Waals surface area contributed by atoms with Crippen LogP contribution in [0.1, 0.15) is 22.8 Å². The third-order valence-electron chi connectivity index (χ3n) is 2.29. The fraction of sp³-hybridized carbons (Fsp3) is 0.364. The van der Waals surface area contributed by atoms with Crippen molar-refractivity contribution in [2.24, 2.45) is 0 Å². The molecular weight excluding hydrogens is 229 g/mol. The van der Waals surface area contributed by atoms with Gasteiger partial charge in [-0.1, -0.05) is 0 Å². The molecule has 0 unspecified atom stereocenters. The number of hydrogen-bond acceptors (Lipinski definition) is 4. The molecule has 1 aliphatic rings. The van der Waals surface area contributed by atoms with Crippen LogP contribution in [0.15, 0.2) is 17.0 Å². The molecule has 1 aliphatic heterocycles. The first-order chi connectivity index (χ1) is 7.61. The van der Waals surface area contributed by atoms with Crippen molar-refractivity contribution < 1.29 is 13.9 Å². The highest BCUT2D eigenvalue weighted by Gasteiger charge is 2.22. The summed E-state index contributed by atoms with van der Waals surface area (Å²) < 4.78 is 20.4. The van der Waals surface area contributed by atoms with Crippen LogP contribution in [0, 0.1) is 5.82 Å². The van der Waals surface area contributed by atoms with Gasteiger partial charge in [-0.25, -0.2) is 13.5 Å². The maximum atomic E-state index is 13.6. The molecule has 1 aromatic rings. The molecule has 2 rings (SSSR count). The smallest absolute Gasteiger partial charge is 0.341 e. The van der Waals surface area contributed by atoms with E-state index in [0.29, 0.717) is 6.54 Å². The molecule has 0 bridgehead atoms. The lowest BCUT2D eigenvalue weighted by Gasteiger charge is -2.05. The summed E-state index contributed by atoms with van der Waals surface area (Å²) in [6.45, 7) is 2.65. The summed E-state index contributed by atoms with van der Waals surface area (Å²) in [6, 6.07) is 2.98. The summed E-state index contributed by atoms with van der Waals surface area (Å²) in [4.78, 5) is 12.4. The predicted molar refractivity (Wildman–Crippen MR) is 59.7 cm³/mol. The quantitative estimate of drug-likeness (QED) is 0.587. The van der Waals surface area contributed by atoms with E-state index in [1.807, 2.05) is 11.4 Å². The molecule has 0 spiro atoms. The average Bonchev–Trinajstić information content (AvgIpc) is 2.56. The molecule has 5 heteroatoms. The van der Waals surface area contributed by atoms with E-state index in [-0.39, 0.29) is 12.2 Å². The number of nitrogens with zero attached hydrogens (tertiary/aromatic N) is 1. The average molecular weight is 241 g/mol. The Morgan fingerprint density at radius 1 is 1.62 bits per heavy atom. The van der Waals surface area contributed by atoms with E-state index in [0.717, 1.165) is 10.5 Å². The van der Waals surface area contributed by atoms with Crippen molar-refractivity contribution in [2.45, 2.75) is 18.4 Å². The van der Waals surface area contributed by atoms with Gasteiger partial charge in [-0.15, -0.1) is 0 Å². The molecule has 0 amide bonds. The maximum absolute atomic E-state index is 13.6. The van der Waals surface area contributed by atoms with Crippen LogP contribution in [0.5, 0.6) is 0 Å². The normalized spacial score (nSPS) is 14.9. The standard InChI is InChI=1S/C11H12FNO2S/c1-3-15-11(14)8-5-10-7(4-9(8)12)6-13(2)16-10/h4-5H,3,6H2,1-2H3. The molecule has 0 aromatic heterocycles. The minimum Gasteiger partial charge on any atom is -0.462 e. The van der Waals surface area contributed by atoms with Crippen LogP contribution in [-0.4, -0.2) is 23.9 Å². The van der Waals surface area contributed by atoms with Crippen molar-refractivity contribution in [3.63, 3.8) is 0 Å². The van der Waals surface area contributed by atoms with Crippen LogP contribution in [-0.2, 0) is 11.3 Å². The largest absolute Gasteiger partial charge is 0.462 e. The lowest BCUT2D eigenvalue weighted by molar-refractivity contribution is 0.0520. The zero-order chi connectivity index (χ0) is 11.7. The number of rotatable bonds is 2. The predicted octanol–water partition coefficient (Wildman–Crippen LogP) is 2.45. The molecule has 86 valence electrons. The highest BCUT2D eigenvalue weighted by Crippen LogP contribution is 2.35. The Labute approximate surface area is 97.7 Å². The first-order valence-corrected chi connectivity index (χ1v) is 5.77. The molecule has 0 N–H and O–H groups in total. The lowest BCUT2D eigenvalue weighted by Crippen LogP contribution is -2.07. The highest BCUT2D eigenvalue weighted by atomic mass is 32.2. The first-order valence-electron chi connectivity index (χ1n) is 5.00. The van der Waals surface area contributed by atoms with Gasteiger partial charge in [-0.2, -0.15) is 0 Å². The molecule has 0 saturated heterocycles. The van der Waals surface area contributed by atoms with E-state index in [4.69, 9.17) is 4.74 Å². The van der Waals surface area contributed by atoms with Gasteiger partial charge in [0.2, 0.25) is 0 Å². The summed E-state index contributed by atoms with van der Waals surface area (Å²) in [7, 11) is 1.92. The Hall–Kier alpha value is -1.07. The summed E-state index contributed by atoms with van der Waals surface area (Å²) in [5.74, 6) is -1.11. The Kier molecular flexibility index (Phi) is 3.16. The van der Waals surface area contributed by atoms with E-state index in [2.05, 4.69) is 0 Å². The molecule has 0 fully saturated rings. The first kappa shape index (κ1) is 11.4. The second-order valence-corrected chi connectivity index (χ2v) is 4.78. The van der Waals surface area contributed by atoms with Gasteiger partial charge in [0, 0.05) is 11.4 Å². The Balaban J connectivity index is 2.35. The van der Waals surface area contributed by atoms with Gasteiger partial charge in [-0.05, 0) is 43.6 Å². The Bertz CT molecular complexity index is 436. The van der Waals surface area contributed by atoms with Crippen LogP contribution in [0.25, 0.3) is 0 Å². The Morgan fingerprint density at radius 3 is 3.06 bits per heavy atom. The molecule has 16 heavy (non-hydrogen) atoms. The van der Waals surface area contributed by atoms with Crippen molar-refractivity contribution in [3.8, 4) is 0 Å². The summed E-state index contributed by atoms with van der Waals surface area (Å²) in [6.07, 6.45) is 0. The van der Waals surface area contributed by atoms with E-state index in [9.17, 15) is 9.18 Å². The highest BCUT2D eigenvalue weighted by molar-refractivity contribution is 7.97. The van der Waals surface area contributed by atoms with Crippen LogP contribution in [0.2, 0.25) is 0 Å². The van der Waals surface area contributed by atoms with Crippen LogP contribution < -0.4 is 0 Å². The van der Waals surface area contributed by atoms with E-state index < -0.39 is 11.8 Å². The van der Waals surface area contributed by atoms with Gasteiger partial charge in [-0.3, -0.25) is 0 Å². The number of esters is 1. The van der Waals surface area contributed by atoms with Crippen molar-refractivity contribution in [3.05, 3.63) is 29.1 Å². The van der Waals surface area contributed by atoms with E-state index in [1.165, 1.54) is 18.0 Å².